The lowest BCUT2D eigenvalue weighted by Gasteiger charge is -2.14. The molecule has 6 nitrogen and oxygen atoms in total. The number of hydrogen-bond donors (Lipinski definition) is 1. The Hall–Kier alpha value is -1.87. The van der Waals surface area contributed by atoms with E-state index in [9.17, 15) is 16.8 Å². The molecule has 9 heteroatoms. The van der Waals surface area contributed by atoms with Crippen molar-refractivity contribution >= 4 is 43.4 Å². The Balaban J connectivity index is 2.30. The zero-order valence-corrected chi connectivity index (χ0v) is 16.9. The molecule has 0 aliphatic carbocycles. The summed E-state index contributed by atoms with van der Waals surface area (Å²) >= 11 is 5.79. The Morgan fingerprint density at radius 1 is 1.00 bits per heavy atom. The molecule has 0 amide bonds. The molecular formula is C17H19ClN2O4S2. The van der Waals surface area contributed by atoms with Crippen molar-refractivity contribution < 1.29 is 16.8 Å². The standard InChI is InChI=1S/C17H19ClN2O4S2/c1-13-4-9-16(26(23,24)20(2)3)12-17(13)19-25(21,22)11-10-14-5-7-15(18)8-6-14/h4-12,19H,1-3H3/b11-10+. The van der Waals surface area contributed by atoms with Gasteiger partial charge in [0.15, 0.2) is 0 Å². The molecule has 0 unspecified atom stereocenters. The van der Waals surface area contributed by atoms with Crippen LogP contribution in [0.3, 0.4) is 0 Å². The Morgan fingerprint density at radius 3 is 2.19 bits per heavy atom. The molecule has 0 saturated carbocycles. The van der Waals surface area contributed by atoms with Gasteiger partial charge in [-0.15, -0.1) is 0 Å². The number of hydrogen-bond acceptors (Lipinski definition) is 4. The SMILES string of the molecule is Cc1ccc(S(=O)(=O)N(C)C)cc1NS(=O)(=O)/C=C/c1ccc(Cl)cc1. The van der Waals surface area contributed by atoms with Gasteiger partial charge >= 0.3 is 0 Å². The maximum Gasteiger partial charge on any atom is 0.255 e. The van der Waals surface area contributed by atoms with E-state index in [1.54, 1.807) is 37.3 Å². The zero-order chi connectivity index (χ0) is 19.5. The molecule has 0 atom stereocenters. The van der Waals surface area contributed by atoms with Crippen molar-refractivity contribution in [3.05, 3.63) is 64.0 Å². The van der Waals surface area contributed by atoms with E-state index in [1.807, 2.05) is 0 Å². The Kier molecular flexibility index (Phi) is 6.13. The second-order valence-corrected chi connectivity index (χ2v) is 9.92. The predicted molar refractivity (Wildman–Crippen MR) is 105 cm³/mol. The summed E-state index contributed by atoms with van der Waals surface area (Å²) in [5, 5.41) is 1.57. The third kappa shape index (κ3) is 5.07. The number of aryl methyl sites for hydroxylation is 1. The highest BCUT2D eigenvalue weighted by molar-refractivity contribution is 7.95. The van der Waals surface area contributed by atoms with Crippen LogP contribution in [-0.4, -0.2) is 35.2 Å². The summed E-state index contributed by atoms with van der Waals surface area (Å²) in [5.74, 6) is 0. The molecule has 0 heterocycles. The lowest BCUT2D eigenvalue weighted by molar-refractivity contribution is 0.520. The highest BCUT2D eigenvalue weighted by atomic mass is 35.5. The van der Waals surface area contributed by atoms with E-state index >= 15 is 0 Å². The van der Waals surface area contributed by atoms with Crippen LogP contribution >= 0.6 is 11.6 Å². The Bertz CT molecular complexity index is 1030. The lowest BCUT2D eigenvalue weighted by atomic mass is 10.2. The maximum absolute atomic E-state index is 12.3. The van der Waals surface area contributed by atoms with Gasteiger partial charge in [-0.05, 0) is 48.4 Å². The molecule has 0 bridgehead atoms. The summed E-state index contributed by atoms with van der Waals surface area (Å²) in [6.45, 7) is 1.69. The van der Waals surface area contributed by atoms with E-state index in [2.05, 4.69) is 4.72 Å². The van der Waals surface area contributed by atoms with E-state index in [4.69, 9.17) is 11.6 Å². The van der Waals surface area contributed by atoms with Crippen LogP contribution in [0.25, 0.3) is 6.08 Å². The fourth-order valence-corrected chi connectivity index (χ4v) is 4.00. The third-order valence-electron chi connectivity index (χ3n) is 3.55. The summed E-state index contributed by atoms with van der Waals surface area (Å²) in [7, 11) is -4.66. The van der Waals surface area contributed by atoms with Crippen molar-refractivity contribution in [3.63, 3.8) is 0 Å². The van der Waals surface area contributed by atoms with E-state index in [0.717, 1.165) is 9.71 Å². The van der Waals surface area contributed by atoms with E-state index < -0.39 is 20.0 Å². The molecule has 26 heavy (non-hydrogen) atoms. The quantitative estimate of drug-likeness (QED) is 0.785. The average molecular weight is 415 g/mol. The lowest BCUT2D eigenvalue weighted by Crippen LogP contribution is -2.22. The molecular weight excluding hydrogens is 396 g/mol. The first-order valence-electron chi connectivity index (χ1n) is 7.51. The van der Waals surface area contributed by atoms with Gasteiger partial charge in [-0.1, -0.05) is 29.8 Å². The predicted octanol–water partition coefficient (Wildman–Crippen LogP) is 3.31. The van der Waals surface area contributed by atoms with Crippen molar-refractivity contribution in [2.24, 2.45) is 0 Å². The Labute approximate surface area is 159 Å². The molecule has 0 radical (unpaired) electrons. The van der Waals surface area contributed by atoms with Gasteiger partial charge in [-0.25, -0.2) is 21.1 Å². The van der Waals surface area contributed by atoms with Gasteiger partial charge < -0.3 is 0 Å². The summed E-state index contributed by atoms with van der Waals surface area (Å²) in [6.07, 6.45) is 1.43. The second kappa shape index (κ2) is 7.79. The van der Waals surface area contributed by atoms with Gasteiger partial charge in [0.05, 0.1) is 16.0 Å². The minimum Gasteiger partial charge on any atom is -0.280 e. The van der Waals surface area contributed by atoms with E-state index in [-0.39, 0.29) is 10.6 Å². The topological polar surface area (TPSA) is 83.6 Å². The van der Waals surface area contributed by atoms with Crippen molar-refractivity contribution in [2.45, 2.75) is 11.8 Å². The number of benzene rings is 2. The second-order valence-electron chi connectivity index (χ2n) is 5.77. The normalized spacial score (nSPS) is 12.7. The fourth-order valence-electron chi connectivity index (χ4n) is 2.01. The van der Waals surface area contributed by atoms with Crippen LogP contribution in [0.15, 0.2) is 52.8 Å². The summed E-state index contributed by atoms with van der Waals surface area (Å²) in [4.78, 5) is 0.00693. The molecule has 0 spiro atoms. The number of nitrogens with one attached hydrogen (secondary N) is 1. The number of sulfonamides is 2. The molecule has 0 aliphatic rings. The molecule has 2 rings (SSSR count). The molecule has 2 aromatic carbocycles. The molecule has 0 saturated heterocycles. The molecule has 0 aliphatic heterocycles. The highest BCUT2D eigenvalue weighted by Crippen LogP contribution is 2.23. The minimum atomic E-state index is -3.82. The maximum atomic E-state index is 12.3. The van der Waals surface area contributed by atoms with Gasteiger partial charge in [0.1, 0.15) is 0 Å². The van der Waals surface area contributed by atoms with Crippen LogP contribution in [0, 0.1) is 6.92 Å². The van der Waals surface area contributed by atoms with Crippen molar-refractivity contribution in [2.75, 3.05) is 18.8 Å². The Morgan fingerprint density at radius 2 is 1.62 bits per heavy atom. The third-order valence-corrected chi connectivity index (χ3v) is 6.61. The molecule has 0 aromatic heterocycles. The molecule has 140 valence electrons. The van der Waals surface area contributed by atoms with E-state index in [0.29, 0.717) is 16.1 Å². The highest BCUT2D eigenvalue weighted by Gasteiger charge is 2.19. The van der Waals surface area contributed by atoms with Crippen molar-refractivity contribution in [3.8, 4) is 0 Å². The smallest absolute Gasteiger partial charge is 0.255 e. The first-order valence-corrected chi connectivity index (χ1v) is 10.9. The van der Waals surface area contributed by atoms with Gasteiger partial charge in [0.2, 0.25) is 10.0 Å². The first kappa shape index (κ1) is 20.4. The van der Waals surface area contributed by atoms with E-state index in [1.165, 1.54) is 32.3 Å². The van der Waals surface area contributed by atoms with Crippen LogP contribution in [0.5, 0.6) is 0 Å². The minimum absolute atomic E-state index is 0.00693. The summed E-state index contributed by atoms with van der Waals surface area (Å²) in [5.41, 5.74) is 1.47. The van der Waals surface area contributed by atoms with Gasteiger partial charge in [0, 0.05) is 19.1 Å². The molecule has 0 fully saturated rings. The number of halogens is 1. The summed E-state index contributed by atoms with van der Waals surface area (Å²) < 4.78 is 52.5. The van der Waals surface area contributed by atoms with Crippen molar-refractivity contribution in [1.29, 1.82) is 0 Å². The van der Waals surface area contributed by atoms with Crippen LogP contribution in [-0.2, 0) is 20.0 Å². The summed E-state index contributed by atoms with van der Waals surface area (Å²) in [6, 6.07) is 11.0. The monoisotopic (exact) mass is 414 g/mol. The number of rotatable bonds is 6. The fraction of sp³-hybridized carbons (Fsp3) is 0.176. The van der Waals surface area contributed by atoms with Crippen LogP contribution < -0.4 is 4.72 Å². The average Bonchev–Trinajstić information content (AvgIpc) is 2.56. The van der Waals surface area contributed by atoms with Crippen LogP contribution in [0.4, 0.5) is 5.69 Å². The van der Waals surface area contributed by atoms with Gasteiger partial charge in [-0.2, -0.15) is 0 Å². The van der Waals surface area contributed by atoms with Crippen LogP contribution in [0.1, 0.15) is 11.1 Å². The first-order chi connectivity index (χ1) is 12.0. The van der Waals surface area contributed by atoms with Crippen LogP contribution in [0.2, 0.25) is 5.02 Å². The zero-order valence-electron chi connectivity index (χ0n) is 14.5. The molecule has 2 aromatic rings. The number of anilines is 1. The largest absolute Gasteiger partial charge is 0.280 e. The van der Waals surface area contributed by atoms with Crippen molar-refractivity contribution in [1.82, 2.24) is 4.31 Å². The number of nitrogens with zero attached hydrogens (tertiary/aromatic N) is 1. The van der Waals surface area contributed by atoms with Gasteiger partial charge in [-0.3, -0.25) is 4.72 Å². The van der Waals surface area contributed by atoms with Gasteiger partial charge in [0.25, 0.3) is 10.0 Å². The molecule has 1 N–H and O–H groups in total.